The molecule has 0 atom stereocenters. The van der Waals surface area contributed by atoms with E-state index < -0.39 is 0 Å². The highest BCUT2D eigenvalue weighted by Gasteiger charge is 2.17. The van der Waals surface area contributed by atoms with Crippen LogP contribution in [0.4, 0.5) is 11.8 Å². The van der Waals surface area contributed by atoms with E-state index >= 15 is 0 Å². The van der Waals surface area contributed by atoms with Crippen molar-refractivity contribution < 1.29 is 19.0 Å². The molecule has 2 heterocycles. The molecule has 1 fully saturated rings. The molecule has 2 N–H and O–H groups in total. The largest absolute Gasteiger partial charge is 0.493 e. The van der Waals surface area contributed by atoms with E-state index in [1.807, 2.05) is 13.0 Å². The van der Waals surface area contributed by atoms with E-state index in [0.717, 1.165) is 24.6 Å². The summed E-state index contributed by atoms with van der Waals surface area (Å²) in [6, 6.07) is 5.26. The second kappa shape index (κ2) is 10.7. The summed E-state index contributed by atoms with van der Waals surface area (Å²) in [6.45, 7) is 4.93. The van der Waals surface area contributed by atoms with Gasteiger partial charge in [0.1, 0.15) is 5.82 Å². The number of ether oxygens (including phenoxy) is 3. The lowest BCUT2D eigenvalue weighted by Crippen LogP contribution is -2.31. The van der Waals surface area contributed by atoms with Crippen molar-refractivity contribution in [1.82, 2.24) is 15.3 Å². The van der Waals surface area contributed by atoms with E-state index in [0.29, 0.717) is 41.8 Å². The van der Waals surface area contributed by atoms with Gasteiger partial charge in [-0.15, -0.1) is 0 Å². The highest BCUT2D eigenvalue weighted by Crippen LogP contribution is 2.38. The van der Waals surface area contributed by atoms with Crippen LogP contribution in [0.2, 0.25) is 0 Å². The third kappa shape index (κ3) is 5.68. The Bertz CT molecular complexity index is 874. The Morgan fingerprint density at radius 1 is 0.968 bits per heavy atom. The standard InChI is InChI=1S/C22H31N5O4/c1-15-12-19(27-10-6-5-7-11-27)26-22(25-15)24-9-8-23-21(28)16-13-17(29-2)20(31-4)18(14-16)30-3/h12-14H,5-11H2,1-4H3,(H,23,28)(H,24,25,26). The van der Waals surface area contributed by atoms with Crippen LogP contribution < -0.4 is 29.7 Å². The molecule has 1 aromatic carbocycles. The predicted molar refractivity (Wildman–Crippen MR) is 120 cm³/mol. The van der Waals surface area contributed by atoms with E-state index in [1.54, 1.807) is 12.1 Å². The molecule has 1 aliphatic heterocycles. The van der Waals surface area contributed by atoms with Crippen LogP contribution in [0.25, 0.3) is 0 Å². The number of nitrogens with one attached hydrogen (secondary N) is 2. The number of rotatable bonds is 9. The lowest BCUT2D eigenvalue weighted by atomic mass is 10.1. The van der Waals surface area contributed by atoms with Crippen LogP contribution in [-0.4, -0.2) is 63.4 Å². The molecule has 31 heavy (non-hydrogen) atoms. The first-order chi connectivity index (χ1) is 15.0. The number of methoxy groups -OCH3 is 3. The second-order valence-corrected chi connectivity index (χ2v) is 7.34. The quantitative estimate of drug-likeness (QED) is 0.587. The first-order valence-electron chi connectivity index (χ1n) is 10.5. The molecular formula is C22H31N5O4. The molecule has 0 spiro atoms. The van der Waals surface area contributed by atoms with Gasteiger partial charge >= 0.3 is 0 Å². The molecule has 3 rings (SSSR count). The summed E-state index contributed by atoms with van der Waals surface area (Å²) in [6.07, 6.45) is 3.66. The van der Waals surface area contributed by atoms with E-state index in [2.05, 4.69) is 25.5 Å². The monoisotopic (exact) mass is 429 g/mol. The van der Waals surface area contributed by atoms with E-state index in [-0.39, 0.29) is 5.91 Å². The minimum Gasteiger partial charge on any atom is -0.493 e. The minimum atomic E-state index is -0.236. The zero-order valence-electron chi connectivity index (χ0n) is 18.7. The number of hydrogen-bond acceptors (Lipinski definition) is 8. The van der Waals surface area contributed by atoms with Crippen LogP contribution in [0.3, 0.4) is 0 Å². The Morgan fingerprint density at radius 2 is 1.65 bits per heavy atom. The number of carbonyl (C=O) groups is 1. The van der Waals surface area contributed by atoms with Crippen LogP contribution in [-0.2, 0) is 0 Å². The van der Waals surface area contributed by atoms with Crippen molar-refractivity contribution >= 4 is 17.7 Å². The third-order valence-corrected chi connectivity index (χ3v) is 5.14. The first-order valence-corrected chi connectivity index (χ1v) is 10.5. The predicted octanol–water partition coefficient (Wildman–Crippen LogP) is 2.64. The fourth-order valence-corrected chi connectivity index (χ4v) is 3.58. The molecule has 2 aromatic rings. The average molecular weight is 430 g/mol. The summed E-state index contributed by atoms with van der Waals surface area (Å²) >= 11 is 0. The van der Waals surface area contributed by atoms with Crippen molar-refractivity contribution in [1.29, 1.82) is 0 Å². The highest BCUT2D eigenvalue weighted by atomic mass is 16.5. The Balaban J connectivity index is 1.57. The summed E-state index contributed by atoms with van der Waals surface area (Å²) < 4.78 is 15.9. The van der Waals surface area contributed by atoms with Crippen molar-refractivity contribution in [3.8, 4) is 17.2 Å². The maximum Gasteiger partial charge on any atom is 0.251 e. The number of hydrogen-bond donors (Lipinski definition) is 2. The van der Waals surface area contributed by atoms with Gasteiger partial charge in [0.25, 0.3) is 5.91 Å². The van der Waals surface area contributed by atoms with Crippen LogP contribution in [0.5, 0.6) is 17.2 Å². The number of aryl methyl sites for hydroxylation is 1. The Kier molecular flexibility index (Phi) is 7.75. The van der Waals surface area contributed by atoms with Crippen molar-refractivity contribution in [2.45, 2.75) is 26.2 Å². The number of carbonyl (C=O) groups excluding carboxylic acids is 1. The maximum atomic E-state index is 12.6. The summed E-state index contributed by atoms with van der Waals surface area (Å²) in [5.41, 5.74) is 1.34. The molecule has 1 amide bonds. The van der Waals surface area contributed by atoms with Crippen LogP contribution >= 0.6 is 0 Å². The molecule has 1 aliphatic rings. The molecule has 168 valence electrons. The van der Waals surface area contributed by atoms with Crippen molar-refractivity contribution in [2.75, 3.05) is 57.7 Å². The minimum absolute atomic E-state index is 0.236. The molecule has 0 unspecified atom stereocenters. The molecule has 9 nitrogen and oxygen atoms in total. The van der Waals surface area contributed by atoms with Crippen LogP contribution in [0.15, 0.2) is 18.2 Å². The molecule has 0 bridgehead atoms. The fraction of sp³-hybridized carbons (Fsp3) is 0.500. The van der Waals surface area contributed by atoms with Gasteiger partial charge in [-0.2, -0.15) is 4.98 Å². The average Bonchev–Trinajstić information content (AvgIpc) is 2.80. The van der Waals surface area contributed by atoms with E-state index in [1.165, 1.54) is 40.6 Å². The van der Waals surface area contributed by atoms with E-state index in [4.69, 9.17) is 14.2 Å². The zero-order valence-corrected chi connectivity index (χ0v) is 18.7. The Labute approximate surface area is 183 Å². The van der Waals surface area contributed by atoms with Crippen molar-refractivity contribution in [2.24, 2.45) is 0 Å². The molecule has 0 aliphatic carbocycles. The van der Waals surface area contributed by atoms with Gasteiger partial charge in [0, 0.05) is 43.5 Å². The maximum absolute atomic E-state index is 12.6. The lowest BCUT2D eigenvalue weighted by molar-refractivity contribution is 0.0954. The summed E-state index contributed by atoms with van der Waals surface area (Å²) in [7, 11) is 4.56. The fourth-order valence-electron chi connectivity index (χ4n) is 3.58. The molecule has 0 saturated carbocycles. The number of amides is 1. The van der Waals surface area contributed by atoms with E-state index in [9.17, 15) is 4.79 Å². The molecular weight excluding hydrogens is 398 g/mol. The van der Waals surface area contributed by atoms with Crippen LogP contribution in [0, 0.1) is 6.92 Å². The Hall–Kier alpha value is -3.23. The third-order valence-electron chi connectivity index (χ3n) is 5.14. The van der Waals surface area contributed by atoms with Gasteiger partial charge in [0.2, 0.25) is 11.7 Å². The Morgan fingerprint density at radius 3 is 2.26 bits per heavy atom. The summed E-state index contributed by atoms with van der Waals surface area (Å²) in [5, 5.41) is 6.08. The van der Waals surface area contributed by atoms with Crippen molar-refractivity contribution in [3.05, 3.63) is 29.5 Å². The van der Waals surface area contributed by atoms with Crippen LogP contribution in [0.1, 0.15) is 35.3 Å². The number of aromatic nitrogens is 2. The van der Waals surface area contributed by atoms with Gasteiger partial charge in [0.15, 0.2) is 11.5 Å². The number of anilines is 2. The molecule has 9 heteroatoms. The topological polar surface area (TPSA) is 97.8 Å². The van der Waals surface area contributed by atoms with Gasteiger partial charge in [-0.1, -0.05) is 0 Å². The second-order valence-electron chi connectivity index (χ2n) is 7.34. The normalized spacial score (nSPS) is 13.5. The van der Waals surface area contributed by atoms with Gasteiger partial charge in [0.05, 0.1) is 21.3 Å². The highest BCUT2D eigenvalue weighted by molar-refractivity contribution is 5.95. The van der Waals surface area contributed by atoms with Crippen molar-refractivity contribution in [3.63, 3.8) is 0 Å². The van der Waals surface area contributed by atoms with Gasteiger partial charge in [-0.3, -0.25) is 4.79 Å². The summed E-state index contributed by atoms with van der Waals surface area (Å²) in [5.74, 6) is 2.61. The SMILES string of the molecule is COc1cc(C(=O)NCCNc2nc(C)cc(N3CCCCC3)n2)cc(OC)c1OC. The number of nitrogens with zero attached hydrogens (tertiary/aromatic N) is 3. The molecule has 0 radical (unpaired) electrons. The van der Waals surface area contributed by atoms with Gasteiger partial charge in [-0.25, -0.2) is 4.98 Å². The lowest BCUT2D eigenvalue weighted by Gasteiger charge is -2.28. The molecule has 1 saturated heterocycles. The first kappa shape index (κ1) is 22.5. The number of piperidine rings is 1. The summed E-state index contributed by atoms with van der Waals surface area (Å²) in [4.78, 5) is 24.0. The number of benzene rings is 1. The molecule has 1 aromatic heterocycles. The van der Waals surface area contributed by atoms with Gasteiger partial charge < -0.3 is 29.7 Å². The smallest absolute Gasteiger partial charge is 0.251 e. The zero-order chi connectivity index (χ0) is 22.2. The van der Waals surface area contributed by atoms with Gasteiger partial charge in [-0.05, 0) is 38.3 Å².